The summed E-state index contributed by atoms with van der Waals surface area (Å²) in [6, 6.07) is 0. The van der Waals surface area contributed by atoms with Crippen molar-refractivity contribution in [2.75, 3.05) is 22.8 Å². The van der Waals surface area contributed by atoms with Gasteiger partial charge >= 0.3 is 5.97 Å². The van der Waals surface area contributed by atoms with Crippen LogP contribution in [0.3, 0.4) is 0 Å². The fraction of sp³-hybridized carbons (Fsp3) is 0.556. The second kappa shape index (κ2) is 5.25. The summed E-state index contributed by atoms with van der Waals surface area (Å²) in [6.45, 7) is 3.38. The molecule has 0 radical (unpaired) electrons. The first kappa shape index (κ1) is 14.3. The Kier molecular flexibility index (Phi) is 4.17. The number of ether oxygens (including phenoxy) is 1. The highest BCUT2D eigenvalue weighted by molar-refractivity contribution is 7.93. The molecule has 1 aromatic rings. The van der Waals surface area contributed by atoms with Crippen molar-refractivity contribution in [1.82, 2.24) is 9.78 Å². The Balaban J connectivity index is 2.86. The highest BCUT2D eigenvalue weighted by Crippen LogP contribution is 2.21. The molecule has 0 atom stereocenters. The Morgan fingerprint density at radius 2 is 2.17 bits per heavy atom. The van der Waals surface area contributed by atoms with Crippen molar-refractivity contribution in [2.45, 2.75) is 13.8 Å². The van der Waals surface area contributed by atoms with Gasteiger partial charge in [0.05, 0.1) is 18.0 Å². The second-order valence-corrected chi connectivity index (χ2v) is 5.36. The van der Waals surface area contributed by atoms with E-state index in [-0.39, 0.29) is 18.1 Å². The number of anilines is 2. The Bertz CT molecular complexity index is 549. The molecule has 1 rings (SSSR count). The molecule has 0 bridgehead atoms. The minimum atomic E-state index is -3.85. The maximum Gasteiger partial charge on any atom is 0.323 e. The molecular weight excluding hydrogens is 260 g/mol. The number of carbonyl (C=O) groups excluding carboxylic acids is 1. The maximum absolute atomic E-state index is 11.7. The normalized spacial score (nSPS) is 11.3. The smallest absolute Gasteiger partial charge is 0.323 e. The van der Waals surface area contributed by atoms with Crippen LogP contribution in [0.2, 0.25) is 0 Å². The van der Waals surface area contributed by atoms with Gasteiger partial charge in [-0.25, -0.2) is 13.1 Å². The Hall–Kier alpha value is -1.77. The van der Waals surface area contributed by atoms with E-state index in [1.54, 1.807) is 20.9 Å². The van der Waals surface area contributed by atoms with E-state index in [4.69, 9.17) is 5.73 Å². The van der Waals surface area contributed by atoms with E-state index in [2.05, 4.69) is 14.6 Å². The number of nitrogens with one attached hydrogen (secondary N) is 1. The number of nitrogens with two attached hydrogens (primary N) is 1. The number of rotatable bonds is 5. The minimum absolute atomic E-state index is 0.126. The summed E-state index contributed by atoms with van der Waals surface area (Å²) in [7, 11) is -2.31. The SMILES string of the molecule is CCOC(=O)CS(=O)(=O)Nc1c(N)c(C)nn1C. The zero-order chi connectivity index (χ0) is 13.9. The number of hydrogen-bond donors (Lipinski definition) is 2. The summed E-state index contributed by atoms with van der Waals surface area (Å²) in [5.41, 5.74) is 6.41. The molecule has 0 aliphatic rings. The quantitative estimate of drug-likeness (QED) is 0.708. The van der Waals surface area contributed by atoms with Crippen LogP contribution in [0.4, 0.5) is 11.5 Å². The third-order valence-electron chi connectivity index (χ3n) is 2.13. The van der Waals surface area contributed by atoms with Crippen molar-refractivity contribution in [3.8, 4) is 0 Å². The van der Waals surface area contributed by atoms with Gasteiger partial charge in [-0.2, -0.15) is 5.10 Å². The molecule has 18 heavy (non-hydrogen) atoms. The lowest BCUT2D eigenvalue weighted by atomic mass is 10.4. The first-order valence-electron chi connectivity index (χ1n) is 5.22. The van der Waals surface area contributed by atoms with Crippen LogP contribution in [0.25, 0.3) is 0 Å². The molecule has 0 fully saturated rings. The zero-order valence-corrected chi connectivity index (χ0v) is 11.2. The van der Waals surface area contributed by atoms with Gasteiger partial charge in [-0.15, -0.1) is 0 Å². The van der Waals surface area contributed by atoms with Gasteiger partial charge in [-0.05, 0) is 13.8 Å². The van der Waals surface area contributed by atoms with Crippen molar-refractivity contribution < 1.29 is 17.9 Å². The molecule has 9 heteroatoms. The number of carbonyl (C=O) groups is 1. The number of aryl methyl sites for hydroxylation is 2. The number of hydrogen-bond acceptors (Lipinski definition) is 6. The van der Waals surface area contributed by atoms with Crippen LogP contribution < -0.4 is 10.5 Å². The molecule has 0 saturated heterocycles. The van der Waals surface area contributed by atoms with E-state index in [0.29, 0.717) is 5.69 Å². The van der Waals surface area contributed by atoms with Gasteiger partial charge in [0.25, 0.3) is 0 Å². The summed E-state index contributed by atoms with van der Waals surface area (Å²) in [5, 5.41) is 3.96. The molecule has 0 amide bonds. The van der Waals surface area contributed by atoms with E-state index in [9.17, 15) is 13.2 Å². The molecule has 0 unspecified atom stereocenters. The Morgan fingerprint density at radius 3 is 2.61 bits per heavy atom. The van der Waals surface area contributed by atoms with Gasteiger partial charge in [0.1, 0.15) is 0 Å². The van der Waals surface area contributed by atoms with Crippen LogP contribution in [0.15, 0.2) is 0 Å². The summed E-state index contributed by atoms with van der Waals surface area (Å²) < 4.78 is 31.5. The van der Waals surface area contributed by atoms with Gasteiger partial charge in [0.15, 0.2) is 11.6 Å². The standard InChI is InChI=1S/C9H16N4O4S/c1-4-17-7(14)5-18(15,16)12-9-8(10)6(2)11-13(9)3/h12H,4-5,10H2,1-3H3. The van der Waals surface area contributed by atoms with Crippen molar-refractivity contribution in [1.29, 1.82) is 0 Å². The van der Waals surface area contributed by atoms with E-state index in [1.807, 2.05) is 0 Å². The van der Waals surface area contributed by atoms with Gasteiger partial charge < -0.3 is 10.5 Å². The van der Waals surface area contributed by atoms with Gasteiger partial charge in [0, 0.05) is 7.05 Å². The molecule has 0 saturated carbocycles. The lowest BCUT2D eigenvalue weighted by molar-refractivity contribution is -0.139. The first-order chi connectivity index (χ1) is 8.26. The summed E-state index contributed by atoms with van der Waals surface area (Å²) >= 11 is 0. The van der Waals surface area contributed by atoms with E-state index in [1.165, 1.54) is 4.68 Å². The van der Waals surface area contributed by atoms with Crippen LogP contribution in [-0.4, -0.2) is 36.5 Å². The Labute approximate surface area is 105 Å². The zero-order valence-electron chi connectivity index (χ0n) is 10.4. The predicted octanol–water partition coefficient (Wildman–Crippen LogP) is -0.384. The predicted molar refractivity (Wildman–Crippen MR) is 66.4 cm³/mol. The van der Waals surface area contributed by atoms with E-state index < -0.39 is 21.7 Å². The fourth-order valence-electron chi connectivity index (χ4n) is 1.34. The number of esters is 1. The topological polar surface area (TPSA) is 116 Å². The van der Waals surface area contributed by atoms with Gasteiger partial charge in [-0.1, -0.05) is 0 Å². The minimum Gasteiger partial charge on any atom is -0.465 e. The molecule has 0 aliphatic heterocycles. The number of nitrogens with zero attached hydrogens (tertiary/aromatic N) is 2. The first-order valence-corrected chi connectivity index (χ1v) is 6.87. The molecular formula is C9H16N4O4S. The molecule has 1 aromatic heterocycles. The van der Waals surface area contributed by atoms with Crippen LogP contribution in [0, 0.1) is 6.92 Å². The summed E-state index contributed by atoms with van der Waals surface area (Å²) in [6.07, 6.45) is 0. The second-order valence-electron chi connectivity index (χ2n) is 3.64. The third-order valence-corrected chi connectivity index (χ3v) is 3.25. The highest BCUT2D eigenvalue weighted by Gasteiger charge is 2.21. The average molecular weight is 276 g/mol. The molecule has 0 aromatic carbocycles. The average Bonchev–Trinajstić information content (AvgIpc) is 2.44. The van der Waals surface area contributed by atoms with Crippen molar-refractivity contribution >= 4 is 27.5 Å². The van der Waals surface area contributed by atoms with E-state index in [0.717, 1.165) is 0 Å². The number of nitrogen functional groups attached to an aromatic ring is 1. The van der Waals surface area contributed by atoms with Gasteiger partial charge in [0.2, 0.25) is 10.0 Å². The van der Waals surface area contributed by atoms with Crippen molar-refractivity contribution in [3.05, 3.63) is 5.69 Å². The molecule has 8 nitrogen and oxygen atoms in total. The fourth-order valence-corrected chi connectivity index (χ4v) is 2.34. The van der Waals surface area contributed by atoms with Gasteiger partial charge in [-0.3, -0.25) is 9.52 Å². The van der Waals surface area contributed by atoms with Crippen LogP contribution in [0.1, 0.15) is 12.6 Å². The lowest BCUT2D eigenvalue weighted by Crippen LogP contribution is -2.25. The lowest BCUT2D eigenvalue weighted by Gasteiger charge is -2.08. The number of sulfonamides is 1. The maximum atomic E-state index is 11.7. The molecule has 1 heterocycles. The molecule has 0 aliphatic carbocycles. The van der Waals surface area contributed by atoms with Crippen molar-refractivity contribution in [3.63, 3.8) is 0 Å². The highest BCUT2D eigenvalue weighted by atomic mass is 32.2. The number of aromatic nitrogens is 2. The third kappa shape index (κ3) is 3.36. The monoisotopic (exact) mass is 276 g/mol. The van der Waals surface area contributed by atoms with E-state index >= 15 is 0 Å². The van der Waals surface area contributed by atoms with Crippen LogP contribution >= 0.6 is 0 Å². The van der Waals surface area contributed by atoms with Crippen molar-refractivity contribution in [2.24, 2.45) is 7.05 Å². The molecule has 3 N–H and O–H groups in total. The van der Waals surface area contributed by atoms with Crippen LogP contribution in [0.5, 0.6) is 0 Å². The largest absolute Gasteiger partial charge is 0.465 e. The molecule has 102 valence electrons. The Morgan fingerprint density at radius 1 is 1.56 bits per heavy atom. The van der Waals surface area contributed by atoms with Crippen LogP contribution in [-0.2, 0) is 26.6 Å². The molecule has 0 spiro atoms. The summed E-state index contributed by atoms with van der Waals surface area (Å²) in [5.74, 6) is -1.44. The summed E-state index contributed by atoms with van der Waals surface area (Å²) in [4.78, 5) is 11.1.